The second-order valence-electron chi connectivity index (χ2n) is 9.05. The normalized spacial score (nSPS) is 15.8. The van der Waals surface area contributed by atoms with Crippen molar-refractivity contribution in [2.45, 2.75) is 51.5 Å². The van der Waals surface area contributed by atoms with Crippen molar-refractivity contribution in [2.24, 2.45) is 11.3 Å². The van der Waals surface area contributed by atoms with Crippen LogP contribution in [0.25, 0.3) is 11.4 Å². The van der Waals surface area contributed by atoms with Gasteiger partial charge in [-0.05, 0) is 71.9 Å². The van der Waals surface area contributed by atoms with E-state index in [0.717, 1.165) is 35.3 Å². The minimum atomic E-state index is -0.269. The first kappa shape index (κ1) is 22.5. The number of carbonyl (C=O) groups excluding carboxylic acids is 1. The van der Waals surface area contributed by atoms with Crippen molar-refractivity contribution in [1.82, 2.24) is 20.2 Å². The first-order valence-electron chi connectivity index (χ1n) is 10.5. The lowest BCUT2D eigenvalue weighted by molar-refractivity contribution is -0.117. The van der Waals surface area contributed by atoms with Crippen molar-refractivity contribution in [1.29, 1.82) is 5.26 Å². The molecule has 4 rings (SSSR count). The second-order valence-corrected chi connectivity index (χ2v) is 11.0. The zero-order valence-corrected chi connectivity index (χ0v) is 20.3. The first-order valence-corrected chi connectivity index (χ1v) is 12.6. The Labute approximate surface area is 196 Å². The Morgan fingerprint density at radius 2 is 2.09 bits per heavy atom. The number of nitrogens with one attached hydrogen (secondary N) is 1. The molecule has 0 bridgehead atoms. The molecule has 0 saturated heterocycles. The quantitative estimate of drug-likeness (QED) is 0.543. The van der Waals surface area contributed by atoms with Gasteiger partial charge in [-0.15, -0.1) is 33.3 Å². The van der Waals surface area contributed by atoms with Gasteiger partial charge >= 0.3 is 0 Å². The fourth-order valence-electron chi connectivity index (χ4n) is 3.99. The molecule has 166 valence electrons. The second kappa shape index (κ2) is 9.04. The summed E-state index contributed by atoms with van der Waals surface area (Å²) in [6, 6.07) is 10.2. The molecule has 1 atom stereocenters. The minimum absolute atomic E-state index is 0.0616. The zero-order valence-electron chi connectivity index (χ0n) is 18.7. The monoisotopic (exact) mass is 466 g/mol. The third-order valence-electron chi connectivity index (χ3n) is 5.94. The number of hydrogen-bond acceptors (Lipinski definition) is 7. The summed E-state index contributed by atoms with van der Waals surface area (Å²) in [5.74, 6) is 0.781. The number of carbonyl (C=O) groups is 1. The van der Waals surface area contributed by atoms with Gasteiger partial charge in [-0.1, -0.05) is 20.8 Å². The fraction of sp³-hybridized carbons (Fsp3) is 0.435. The smallest absolute Gasteiger partial charge is 0.248 e. The van der Waals surface area contributed by atoms with Gasteiger partial charge < -0.3 is 5.32 Å². The molecule has 3 aromatic rings. The van der Waals surface area contributed by atoms with E-state index in [2.05, 4.69) is 47.6 Å². The van der Waals surface area contributed by atoms with E-state index in [1.165, 1.54) is 21.0 Å². The van der Waals surface area contributed by atoms with Crippen molar-refractivity contribution in [3.05, 3.63) is 40.3 Å². The summed E-state index contributed by atoms with van der Waals surface area (Å²) in [5.41, 5.74) is 2.78. The number of thioether (sulfide) groups is 1. The highest BCUT2D eigenvalue weighted by atomic mass is 32.2. The summed E-state index contributed by atoms with van der Waals surface area (Å²) in [4.78, 5) is 16.3. The van der Waals surface area contributed by atoms with Gasteiger partial charge in [0.05, 0.1) is 5.56 Å². The molecule has 1 aliphatic carbocycles. The molecule has 7 nitrogen and oxygen atoms in total. The Morgan fingerprint density at radius 3 is 2.75 bits per heavy atom. The number of tetrazole rings is 1. The van der Waals surface area contributed by atoms with Gasteiger partial charge in [-0.25, -0.2) is 0 Å². The van der Waals surface area contributed by atoms with E-state index >= 15 is 0 Å². The van der Waals surface area contributed by atoms with E-state index in [1.54, 1.807) is 11.8 Å². The van der Waals surface area contributed by atoms with Crippen LogP contribution in [-0.4, -0.2) is 32.4 Å². The maximum Gasteiger partial charge on any atom is 0.248 e. The van der Waals surface area contributed by atoms with Crippen LogP contribution < -0.4 is 5.32 Å². The third-order valence-corrected chi connectivity index (χ3v) is 7.85. The molecule has 32 heavy (non-hydrogen) atoms. The molecule has 0 unspecified atom stereocenters. The van der Waals surface area contributed by atoms with Crippen LogP contribution in [-0.2, 0) is 24.2 Å². The topological polar surface area (TPSA) is 96.5 Å². The SMILES string of the molecule is CSc1ccc(-c2nnn(CC(=O)Nc3sc4c(c3C#N)CC[C@H](C(C)(C)C)C4)n2)cc1. The molecule has 0 spiro atoms. The standard InChI is InChI=1S/C23H26N6OS2/c1-23(2,3)15-7-10-17-18(12-24)22(32-19(17)11-15)25-20(30)13-29-27-21(26-28-29)14-5-8-16(31-4)9-6-14/h5-6,8-9,15H,7,10-11,13H2,1-4H3,(H,25,30)/t15-/m0/s1. The predicted molar refractivity (Wildman–Crippen MR) is 128 cm³/mol. The van der Waals surface area contributed by atoms with Gasteiger partial charge in [0.15, 0.2) is 0 Å². The summed E-state index contributed by atoms with van der Waals surface area (Å²) in [6.45, 7) is 6.73. The van der Waals surface area contributed by atoms with E-state index in [0.29, 0.717) is 22.3 Å². The van der Waals surface area contributed by atoms with Crippen LogP contribution >= 0.6 is 23.1 Å². The Balaban J connectivity index is 1.45. The number of amides is 1. The lowest BCUT2D eigenvalue weighted by atomic mass is 9.72. The van der Waals surface area contributed by atoms with E-state index < -0.39 is 0 Å². The van der Waals surface area contributed by atoms with Crippen molar-refractivity contribution < 1.29 is 4.79 Å². The number of anilines is 1. The number of aromatic nitrogens is 4. The zero-order chi connectivity index (χ0) is 22.9. The van der Waals surface area contributed by atoms with Crippen LogP contribution in [0.3, 0.4) is 0 Å². The van der Waals surface area contributed by atoms with Gasteiger partial charge in [-0.2, -0.15) is 10.1 Å². The van der Waals surface area contributed by atoms with Crippen molar-refractivity contribution in [2.75, 3.05) is 11.6 Å². The van der Waals surface area contributed by atoms with Gasteiger partial charge in [0.25, 0.3) is 0 Å². The van der Waals surface area contributed by atoms with Crippen LogP contribution in [0.2, 0.25) is 0 Å². The molecule has 0 fully saturated rings. The van der Waals surface area contributed by atoms with E-state index in [9.17, 15) is 10.1 Å². The maximum absolute atomic E-state index is 12.7. The molecule has 9 heteroatoms. The highest BCUT2D eigenvalue weighted by molar-refractivity contribution is 7.98. The van der Waals surface area contributed by atoms with Gasteiger partial charge in [0.1, 0.15) is 17.6 Å². The fourth-order valence-corrected chi connectivity index (χ4v) is 5.69. The minimum Gasteiger partial charge on any atom is -0.315 e. The molecule has 1 aliphatic rings. The largest absolute Gasteiger partial charge is 0.315 e. The van der Waals surface area contributed by atoms with Crippen LogP contribution in [0.15, 0.2) is 29.2 Å². The molecule has 2 aromatic heterocycles. The van der Waals surface area contributed by atoms with Crippen molar-refractivity contribution >= 4 is 34.0 Å². The van der Waals surface area contributed by atoms with Gasteiger partial charge in [0, 0.05) is 15.3 Å². The molecule has 0 saturated carbocycles. The summed E-state index contributed by atoms with van der Waals surface area (Å²) in [7, 11) is 0. The van der Waals surface area contributed by atoms with Gasteiger partial charge in [0.2, 0.25) is 11.7 Å². The summed E-state index contributed by atoms with van der Waals surface area (Å²) in [5, 5.41) is 25.7. The number of hydrogen-bond donors (Lipinski definition) is 1. The predicted octanol–water partition coefficient (Wildman–Crippen LogP) is 4.78. The lowest BCUT2D eigenvalue weighted by Crippen LogP contribution is -2.26. The molecule has 2 heterocycles. The molecule has 1 aromatic carbocycles. The van der Waals surface area contributed by atoms with Crippen LogP contribution in [0.1, 0.15) is 43.2 Å². The lowest BCUT2D eigenvalue weighted by Gasteiger charge is -2.33. The maximum atomic E-state index is 12.7. The van der Waals surface area contributed by atoms with Crippen LogP contribution in [0.4, 0.5) is 5.00 Å². The molecule has 1 N–H and O–H groups in total. The number of benzene rings is 1. The summed E-state index contributed by atoms with van der Waals surface area (Å²) >= 11 is 3.19. The highest BCUT2D eigenvalue weighted by Gasteiger charge is 2.32. The average molecular weight is 467 g/mol. The molecule has 0 aliphatic heterocycles. The molecule has 0 radical (unpaired) electrons. The Hall–Kier alpha value is -2.70. The van der Waals surface area contributed by atoms with E-state index in [4.69, 9.17) is 0 Å². The summed E-state index contributed by atoms with van der Waals surface area (Å²) < 4.78 is 0. The third kappa shape index (κ3) is 4.71. The number of thiophene rings is 1. The Morgan fingerprint density at radius 1 is 1.34 bits per heavy atom. The molecular formula is C23H26N6OS2. The van der Waals surface area contributed by atoms with Crippen LogP contribution in [0, 0.1) is 22.7 Å². The van der Waals surface area contributed by atoms with Crippen molar-refractivity contribution in [3.8, 4) is 17.5 Å². The Kier molecular flexibility index (Phi) is 6.35. The highest BCUT2D eigenvalue weighted by Crippen LogP contribution is 2.44. The average Bonchev–Trinajstić information content (AvgIpc) is 3.36. The number of nitrogens with zero attached hydrogens (tertiary/aromatic N) is 5. The first-order chi connectivity index (χ1) is 15.3. The molecule has 1 amide bonds. The van der Waals surface area contributed by atoms with Crippen LogP contribution in [0.5, 0.6) is 0 Å². The van der Waals surface area contributed by atoms with Gasteiger partial charge in [-0.3, -0.25) is 4.79 Å². The number of rotatable bonds is 5. The van der Waals surface area contributed by atoms with Crippen molar-refractivity contribution in [3.63, 3.8) is 0 Å². The molecular weight excluding hydrogens is 440 g/mol. The number of nitriles is 1. The van der Waals surface area contributed by atoms with E-state index in [1.807, 2.05) is 30.5 Å². The summed E-state index contributed by atoms with van der Waals surface area (Å²) in [6.07, 6.45) is 4.93. The number of fused-ring (bicyclic) bond motifs is 1. The van der Waals surface area contributed by atoms with E-state index in [-0.39, 0.29) is 17.9 Å². The Bertz CT molecular complexity index is 1170.